The number of benzene rings is 3. The van der Waals surface area contributed by atoms with Crippen LogP contribution >= 0.6 is 10.8 Å². The van der Waals surface area contributed by atoms with Crippen LogP contribution in [0, 0.1) is 0 Å². The van der Waals surface area contributed by atoms with Crippen molar-refractivity contribution in [3.63, 3.8) is 0 Å². The second-order valence-corrected chi connectivity index (χ2v) is 12.0. The molecular formula is C30H40N4O4S. The van der Waals surface area contributed by atoms with Crippen molar-refractivity contribution in [1.29, 1.82) is 0 Å². The SMILES string of the molecule is CCNc1cc(C(=O)NC(Cc2ccccc2)C(O)CNCc2ccccc2)cc(N2CCCCS2(O)O)c1. The van der Waals surface area contributed by atoms with Crippen molar-refractivity contribution < 1.29 is 19.0 Å². The molecule has 8 nitrogen and oxygen atoms in total. The van der Waals surface area contributed by atoms with E-state index < -0.39 is 22.9 Å². The topological polar surface area (TPSA) is 117 Å². The van der Waals surface area contributed by atoms with Crippen LogP contribution in [0.5, 0.6) is 0 Å². The van der Waals surface area contributed by atoms with Gasteiger partial charge in [-0.25, -0.2) is 0 Å². The van der Waals surface area contributed by atoms with Crippen LogP contribution in [0.1, 0.15) is 41.3 Å². The van der Waals surface area contributed by atoms with E-state index in [1.165, 1.54) is 0 Å². The van der Waals surface area contributed by atoms with E-state index >= 15 is 0 Å². The Hall–Kier alpha value is -3.08. The predicted molar refractivity (Wildman–Crippen MR) is 160 cm³/mol. The quantitative estimate of drug-likeness (QED) is 0.190. The molecule has 2 atom stereocenters. The van der Waals surface area contributed by atoms with E-state index in [4.69, 9.17) is 0 Å². The molecule has 1 aliphatic heterocycles. The first-order valence-electron chi connectivity index (χ1n) is 13.6. The van der Waals surface area contributed by atoms with Crippen molar-refractivity contribution in [2.75, 3.05) is 35.0 Å². The number of rotatable bonds is 12. The molecule has 9 heteroatoms. The molecule has 1 saturated heterocycles. The number of anilines is 2. The normalized spacial score (nSPS) is 17.2. The fourth-order valence-electron chi connectivity index (χ4n) is 4.80. The maximum atomic E-state index is 13.6. The van der Waals surface area contributed by atoms with Gasteiger partial charge in [-0.2, -0.15) is 0 Å². The molecule has 1 heterocycles. The molecule has 39 heavy (non-hydrogen) atoms. The lowest BCUT2D eigenvalue weighted by atomic mass is 10.00. The average molecular weight is 553 g/mol. The lowest BCUT2D eigenvalue weighted by Gasteiger charge is -2.47. The minimum Gasteiger partial charge on any atom is -0.390 e. The summed E-state index contributed by atoms with van der Waals surface area (Å²) in [6, 6.07) is 24.5. The molecule has 4 rings (SSSR count). The second-order valence-electron chi connectivity index (χ2n) is 9.90. The summed E-state index contributed by atoms with van der Waals surface area (Å²) in [6.45, 7) is 4.06. The highest BCUT2D eigenvalue weighted by Crippen LogP contribution is 2.50. The molecular weight excluding hydrogens is 512 g/mol. The van der Waals surface area contributed by atoms with Gasteiger partial charge in [0.15, 0.2) is 0 Å². The van der Waals surface area contributed by atoms with E-state index in [-0.39, 0.29) is 5.91 Å². The molecule has 1 aliphatic rings. The van der Waals surface area contributed by atoms with Gasteiger partial charge in [0, 0.05) is 37.4 Å². The number of hydrogen-bond acceptors (Lipinski definition) is 7. The lowest BCUT2D eigenvalue weighted by Crippen LogP contribution is -2.48. The standard InChI is InChI=1S/C30H40N4O4S/c1-2-32-26-18-25(19-27(20-26)34-15-9-10-16-39(34,37)38)30(36)33-28(17-23-11-5-3-6-12-23)29(35)22-31-21-24-13-7-4-8-14-24/h3-8,11-14,18-20,28-29,31-32,35,37-38H,2,9-10,15-17,21-22H2,1H3,(H,33,36). The highest BCUT2D eigenvalue weighted by molar-refractivity contribution is 8.25. The molecule has 0 radical (unpaired) electrons. The molecule has 1 fully saturated rings. The monoisotopic (exact) mass is 552 g/mol. The Bertz CT molecular complexity index is 1200. The highest BCUT2D eigenvalue weighted by atomic mass is 32.3. The molecule has 6 N–H and O–H groups in total. The molecule has 3 aromatic carbocycles. The van der Waals surface area contributed by atoms with Crippen molar-refractivity contribution in [1.82, 2.24) is 10.6 Å². The van der Waals surface area contributed by atoms with Gasteiger partial charge in [0.25, 0.3) is 5.91 Å². The molecule has 1 amide bonds. The Kier molecular flexibility index (Phi) is 10.2. The molecule has 2 unspecified atom stereocenters. The van der Waals surface area contributed by atoms with Gasteiger partial charge in [-0.1, -0.05) is 60.7 Å². The van der Waals surface area contributed by atoms with Crippen LogP contribution in [0.15, 0.2) is 78.9 Å². The summed E-state index contributed by atoms with van der Waals surface area (Å²) in [7, 11) is -2.94. The van der Waals surface area contributed by atoms with Crippen LogP contribution in [-0.2, 0) is 13.0 Å². The van der Waals surface area contributed by atoms with E-state index in [1.54, 1.807) is 16.4 Å². The Morgan fingerprint density at radius 3 is 2.33 bits per heavy atom. The summed E-state index contributed by atoms with van der Waals surface area (Å²) in [6.07, 6.45) is 1.25. The Labute approximate surface area is 232 Å². The maximum absolute atomic E-state index is 13.6. The van der Waals surface area contributed by atoms with Crippen molar-refractivity contribution in [3.05, 3.63) is 95.6 Å². The highest BCUT2D eigenvalue weighted by Gasteiger charge is 2.28. The number of carbonyl (C=O) groups excluding carboxylic acids is 1. The fraction of sp³-hybridized carbons (Fsp3) is 0.367. The van der Waals surface area contributed by atoms with Gasteiger partial charge in [0.2, 0.25) is 0 Å². The maximum Gasteiger partial charge on any atom is 0.251 e. The van der Waals surface area contributed by atoms with Gasteiger partial charge in [-0.05, 0) is 55.5 Å². The van der Waals surface area contributed by atoms with Crippen molar-refractivity contribution in [2.45, 2.75) is 44.9 Å². The van der Waals surface area contributed by atoms with E-state index in [2.05, 4.69) is 16.0 Å². The third kappa shape index (κ3) is 8.20. The third-order valence-corrected chi connectivity index (χ3v) is 8.77. The first kappa shape index (κ1) is 28.9. The zero-order chi connectivity index (χ0) is 27.7. The van der Waals surface area contributed by atoms with Crippen LogP contribution in [-0.4, -0.2) is 57.7 Å². The van der Waals surface area contributed by atoms with Gasteiger partial charge in [-0.3, -0.25) is 18.2 Å². The first-order chi connectivity index (χ1) is 18.9. The molecule has 3 aromatic rings. The van der Waals surface area contributed by atoms with Gasteiger partial charge in [0.1, 0.15) is 0 Å². The van der Waals surface area contributed by atoms with E-state index in [0.717, 1.165) is 29.7 Å². The van der Waals surface area contributed by atoms with E-state index in [0.29, 0.717) is 49.6 Å². The van der Waals surface area contributed by atoms with Gasteiger partial charge < -0.3 is 21.1 Å². The van der Waals surface area contributed by atoms with Crippen molar-refractivity contribution in [3.8, 4) is 0 Å². The van der Waals surface area contributed by atoms with Crippen LogP contribution in [0.2, 0.25) is 0 Å². The number of amides is 1. The average Bonchev–Trinajstić information content (AvgIpc) is 2.93. The summed E-state index contributed by atoms with van der Waals surface area (Å²) < 4.78 is 23.0. The summed E-state index contributed by atoms with van der Waals surface area (Å²) >= 11 is 0. The molecule has 0 aliphatic carbocycles. The van der Waals surface area contributed by atoms with E-state index in [9.17, 15) is 19.0 Å². The molecule has 0 saturated carbocycles. The van der Waals surface area contributed by atoms with Crippen molar-refractivity contribution in [2.24, 2.45) is 0 Å². The zero-order valence-electron chi connectivity index (χ0n) is 22.4. The minimum absolute atomic E-state index is 0.310. The minimum atomic E-state index is -2.94. The molecule has 210 valence electrons. The smallest absolute Gasteiger partial charge is 0.251 e. The number of aliphatic hydroxyl groups excluding tert-OH is 1. The van der Waals surface area contributed by atoms with Gasteiger partial charge >= 0.3 is 0 Å². The largest absolute Gasteiger partial charge is 0.390 e. The van der Waals surface area contributed by atoms with Crippen LogP contribution in [0.4, 0.5) is 11.4 Å². The second kappa shape index (κ2) is 13.8. The summed E-state index contributed by atoms with van der Waals surface area (Å²) in [5, 5.41) is 20.8. The fourth-order valence-corrected chi connectivity index (χ4v) is 6.48. The number of aliphatic hydroxyl groups is 1. The summed E-state index contributed by atoms with van der Waals surface area (Å²) in [5.41, 5.74) is 3.85. The first-order valence-corrected chi connectivity index (χ1v) is 15.2. The molecule has 0 spiro atoms. The number of hydrogen-bond donors (Lipinski definition) is 6. The summed E-state index contributed by atoms with van der Waals surface area (Å²) in [5.74, 6) is -0.00564. The van der Waals surface area contributed by atoms with Crippen molar-refractivity contribution >= 4 is 28.1 Å². The van der Waals surface area contributed by atoms with E-state index in [1.807, 2.05) is 73.7 Å². The van der Waals surface area contributed by atoms with Crippen LogP contribution in [0.3, 0.4) is 0 Å². The number of carbonyl (C=O) groups is 1. The number of nitrogens with one attached hydrogen (secondary N) is 3. The Morgan fingerprint density at radius 2 is 1.67 bits per heavy atom. The molecule has 0 aromatic heterocycles. The third-order valence-electron chi connectivity index (χ3n) is 6.84. The summed E-state index contributed by atoms with van der Waals surface area (Å²) in [4.78, 5) is 13.6. The zero-order valence-corrected chi connectivity index (χ0v) is 23.2. The molecule has 0 bridgehead atoms. The Balaban J connectivity index is 1.53. The van der Waals surface area contributed by atoms with Crippen LogP contribution < -0.4 is 20.3 Å². The lowest BCUT2D eigenvalue weighted by molar-refractivity contribution is 0.0830. The van der Waals surface area contributed by atoms with Gasteiger partial charge in [0.05, 0.1) is 23.6 Å². The predicted octanol–water partition coefficient (Wildman–Crippen LogP) is 4.88. The number of nitrogens with zero attached hydrogens (tertiary/aromatic N) is 1. The Morgan fingerprint density at radius 1 is 0.974 bits per heavy atom. The van der Waals surface area contributed by atoms with Crippen LogP contribution in [0.25, 0.3) is 0 Å². The van der Waals surface area contributed by atoms with Gasteiger partial charge in [-0.15, -0.1) is 10.8 Å².